The van der Waals surface area contributed by atoms with Crippen LogP contribution in [0, 0.1) is 11.3 Å². The molecule has 0 radical (unpaired) electrons. The average molecular weight is 369 g/mol. The van der Waals surface area contributed by atoms with E-state index in [9.17, 15) is 4.79 Å². The summed E-state index contributed by atoms with van der Waals surface area (Å²) in [6.07, 6.45) is 0.308. The van der Waals surface area contributed by atoms with E-state index in [1.165, 1.54) is 0 Å². The van der Waals surface area contributed by atoms with Crippen LogP contribution < -0.4 is 18.9 Å². The molecule has 2 aromatic rings. The van der Waals surface area contributed by atoms with E-state index in [1.54, 1.807) is 36.4 Å². The number of esters is 1. The largest absolute Gasteiger partial charge is 0.490 e. The third-order valence-electron chi connectivity index (χ3n) is 3.56. The van der Waals surface area contributed by atoms with Gasteiger partial charge in [-0.1, -0.05) is 12.1 Å². The molecule has 0 heterocycles. The van der Waals surface area contributed by atoms with Crippen LogP contribution >= 0.6 is 0 Å². The molecule has 0 atom stereocenters. The van der Waals surface area contributed by atoms with Crippen molar-refractivity contribution in [3.05, 3.63) is 47.5 Å². The molecule has 27 heavy (non-hydrogen) atoms. The predicted molar refractivity (Wildman–Crippen MR) is 101 cm³/mol. The zero-order valence-electron chi connectivity index (χ0n) is 15.8. The van der Waals surface area contributed by atoms with Crippen LogP contribution in [0.4, 0.5) is 0 Å². The highest BCUT2D eigenvalue weighted by atomic mass is 16.5. The molecule has 0 N–H and O–H groups in total. The van der Waals surface area contributed by atoms with Crippen LogP contribution in [0.2, 0.25) is 0 Å². The van der Waals surface area contributed by atoms with Gasteiger partial charge in [0.25, 0.3) is 0 Å². The van der Waals surface area contributed by atoms with Crippen LogP contribution in [0.3, 0.4) is 0 Å². The summed E-state index contributed by atoms with van der Waals surface area (Å²) in [5, 5.41) is 8.71. The summed E-state index contributed by atoms with van der Waals surface area (Å²) in [4.78, 5) is 12.6. The number of carbonyl (C=O) groups excluding carboxylic acids is 1. The predicted octanol–water partition coefficient (Wildman–Crippen LogP) is 4.17. The van der Waals surface area contributed by atoms with Crippen molar-refractivity contribution in [1.29, 1.82) is 5.26 Å². The van der Waals surface area contributed by atoms with Gasteiger partial charge in [0.1, 0.15) is 5.75 Å². The highest BCUT2D eigenvalue weighted by molar-refractivity contribution is 5.92. The van der Waals surface area contributed by atoms with Crippen LogP contribution in [0.25, 0.3) is 0 Å². The molecule has 0 amide bonds. The van der Waals surface area contributed by atoms with Gasteiger partial charge in [-0.2, -0.15) is 5.26 Å². The molecular formula is C21H23NO5. The maximum atomic E-state index is 12.6. The number of nitriles is 1. The number of carbonyl (C=O) groups is 1. The zero-order valence-corrected chi connectivity index (χ0v) is 15.8. The lowest BCUT2D eigenvalue weighted by Crippen LogP contribution is -2.11. The third-order valence-corrected chi connectivity index (χ3v) is 3.56. The average Bonchev–Trinajstić information content (AvgIpc) is 2.66. The van der Waals surface area contributed by atoms with Crippen LogP contribution in [0.15, 0.2) is 36.4 Å². The molecule has 0 aliphatic heterocycles. The number of hydrogen-bond donors (Lipinski definition) is 0. The Kier molecular flexibility index (Phi) is 7.50. The first-order valence-electron chi connectivity index (χ1n) is 8.87. The molecule has 6 heteroatoms. The number of ether oxygens (including phenoxy) is 4. The molecule has 2 rings (SSSR count). The van der Waals surface area contributed by atoms with Crippen molar-refractivity contribution < 1.29 is 23.7 Å². The van der Waals surface area contributed by atoms with Crippen molar-refractivity contribution in [2.45, 2.75) is 27.2 Å². The standard InChI is InChI=1S/C21H23NO5/c1-4-24-18-13-16(14-19(25-5-2)20(18)26-6-3)21(23)27-17-9-7-15(8-10-17)11-12-22/h7-10,13-14H,4-6,11H2,1-3H3. The monoisotopic (exact) mass is 369 g/mol. The Hall–Kier alpha value is -3.20. The lowest BCUT2D eigenvalue weighted by atomic mass is 10.1. The molecule has 0 aliphatic carbocycles. The normalized spacial score (nSPS) is 10.0. The maximum absolute atomic E-state index is 12.6. The number of hydrogen-bond acceptors (Lipinski definition) is 6. The molecule has 0 bridgehead atoms. The highest BCUT2D eigenvalue weighted by Gasteiger charge is 2.19. The minimum atomic E-state index is -0.534. The van der Waals surface area contributed by atoms with Gasteiger partial charge >= 0.3 is 5.97 Å². The summed E-state index contributed by atoms with van der Waals surface area (Å²) >= 11 is 0. The van der Waals surface area contributed by atoms with Gasteiger partial charge in [0.15, 0.2) is 11.5 Å². The molecular weight excluding hydrogens is 346 g/mol. The van der Waals surface area contributed by atoms with Crippen LogP contribution in [-0.4, -0.2) is 25.8 Å². The van der Waals surface area contributed by atoms with Crippen LogP contribution in [0.1, 0.15) is 36.7 Å². The number of benzene rings is 2. The second-order valence-corrected chi connectivity index (χ2v) is 5.47. The summed E-state index contributed by atoms with van der Waals surface area (Å²) in [6, 6.07) is 12.1. The smallest absolute Gasteiger partial charge is 0.343 e. The first-order valence-corrected chi connectivity index (χ1v) is 8.87. The van der Waals surface area contributed by atoms with Crippen molar-refractivity contribution in [3.8, 4) is 29.1 Å². The Bertz CT molecular complexity index is 781. The summed E-state index contributed by atoms with van der Waals surface area (Å²) in [7, 11) is 0. The van der Waals surface area contributed by atoms with Gasteiger partial charge in [-0.3, -0.25) is 0 Å². The van der Waals surface area contributed by atoms with Gasteiger partial charge in [0, 0.05) is 0 Å². The Morgan fingerprint density at radius 2 is 1.48 bits per heavy atom. The second kappa shape index (κ2) is 10.1. The quantitative estimate of drug-likeness (QED) is 0.488. The van der Waals surface area contributed by atoms with E-state index >= 15 is 0 Å². The SMILES string of the molecule is CCOc1cc(C(=O)Oc2ccc(CC#N)cc2)cc(OCC)c1OCC. The molecule has 6 nitrogen and oxygen atoms in total. The fourth-order valence-corrected chi connectivity index (χ4v) is 2.44. The van der Waals surface area contributed by atoms with E-state index in [4.69, 9.17) is 24.2 Å². The highest BCUT2D eigenvalue weighted by Crippen LogP contribution is 2.39. The molecule has 0 aromatic heterocycles. The topological polar surface area (TPSA) is 77.8 Å². The van der Waals surface area contributed by atoms with Gasteiger partial charge in [-0.15, -0.1) is 0 Å². The van der Waals surface area contributed by atoms with Crippen molar-refractivity contribution in [1.82, 2.24) is 0 Å². The molecule has 0 fully saturated rings. The van der Waals surface area contributed by atoms with E-state index < -0.39 is 5.97 Å². The van der Waals surface area contributed by atoms with Gasteiger partial charge < -0.3 is 18.9 Å². The van der Waals surface area contributed by atoms with Crippen LogP contribution in [0.5, 0.6) is 23.0 Å². The first-order chi connectivity index (χ1) is 13.1. The Labute approximate surface area is 159 Å². The van der Waals surface area contributed by atoms with E-state index in [2.05, 4.69) is 6.07 Å². The Morgan fingerprint density at radius 1 is 0.926 bits per heavy atom. The third kappa shape index (κ3) is 5.38. The molecule has 2 aromatic carbocycles. The Balaban J connectivity index is 2.29. The number of nitrogens with zero attached hydrogens (tertiary/aromatic N) is 1. The van der Waals surface area contributed by atoms with Crippen molar-refractivity contribution >= 4 is 5.97 Å². The lowest BCUT2D eigenvalue weighted by Gasteiger charge is -2.16. The van der Waals surface area contributed by atoms with E-state index in [-0.39, 0.29) is 0 Å². The Morgan fingerprint density at radius 3 is 1.96 bits per heavy atom. The summed E-state index contributed by atoms with van der Waals surface area (Å²) in [5.41, 5.74) is 1.15. The second-order valence-electron chi connectivity index (χ2n) is 5.47. The van der Waals surface area contributed by atoms with Gasteiger partial charge in [0.05, 0.1) is 37.9 Å². The fraction of sp³-hybridized carbons (Fsp3) is 0.333. The van der Waals surface area contributed by atoms with E-state index in [0.29, 0.717) is 54.8 Å². The van der Waals surface area contributed by atoms with Crippen molar-refractivity contribution in [2.75, 3.05) is 19.8 Å². The summed E-state index contributed by atoms with van der Waals surface area (Å²) in [6.45, 7) is 6.85. The fourth-order valence-electron chi connectivity index (χ4n) is 2.44. The minimum Gasteiger partial charge on any atom is -0.490 e. The van der Waals surface area contributed by atoms with Crippen molar-refractivity contribution in [2.24, 2.45) is 0 Å². The lowest BCUT2D eigenvalue weighted by molar-refractivity contribution is 0.0733. The van der Waals surface area contributed by atoms with Gasteiger partial charge in [-0.25, -0.2) is 4.79 Å². The molecule has 0 unspecified atom stereocenters. The van der Waals surface area contributed by atoms with Gasteiger partial charge in [-0.05, 0) is 50.6 Å². The first kappa shape index (κ1) is 20.1. The van der Waals surface area contributed by atoms with Crippen LogP contribution in [-0.2, 0) is 6.42 Å². The molecule has 0 aliphatic rings. The van der Waals surface area contributed by atoms with Gasteiger partial charge in [0.2, 0.25) is 5.75 Å². The summed E-state index contributed by atoms with van der Waals surface area (Å²) in [5.74, 6) is 1.20. The summed E-state index contributed by atoms with van der Waals surface area (Å²) < 4.78 is 22.3. The minimum absolute atomic E-state index is 0.298. The maximum Gasteiger partial charge on any atom is 0.343 e. The zero-order chi connectivity index (χ0) is 19.6. The van der Waals surface area contributed by atoms with E-state index in [1.807, 2.05) is 20.8 Å². The molecule has 0 saturated carbocycles. The van der Waals surface area contributed by atoms with Crippen molar-refractivity contribution in [3.63, 3.8) is 0 Å². The molecule has 0 saturated heterocycles. The molecule has 0 spiro atoms. The molecule has 142 valence electrons. The van der Waals surface area contributed by atoms with E-state index in [0.717, 1.165) is 5.56 Å². The number of rotatable bonds is 9.